The monoisotopic (exact) mass is 737 g/mol. The number of pyridine rings is 1. The van der Waals surface area contributed by atoms with Crippen LogP contribution in [0.25, 0.3) is 0 Å². The van der Waals surface area contributed by atoms with Gasteiger partial charge in [0.25, 0.3) is 0 Å². The van der Waals surface area contributed by atoms with Gasteiger partial charge in [-0.15, -0.1) is 11.3 Å². The van der Waals surface area contributed by atoms with Crippen LogP contribution in [0.3, 0.4) is 0 Å². The molecule has 0 aliphatic carbocycles. The Morgan fingerprint density at radius 3 is 2.14 bits per heavy atom. The van der Waals surface area contributed by atoms with Crippen molar-refractivity contribution in [2.24, 2.45) is 5.92 Å². The summed E-state index contributed by atoms with van der Waals surface area (Å²) in [4.78, 5) is 51.5. The first-order valence-corrected chi connectivity index (χ1v) is 17.5. The highest BCUT2D eigenvalue weighted by atomic mass is 32.1. The van der Waals surface area contributed by atoms with Crippen LogP contribution in [0.1, 0.15) is 41.5 Å². The van der Waals surface area contributed by atoms with Gasteiger partial charge in [-0.3, -0.25) is 14.6 Å². The number of amides is 4. The van der Waals surface area contributed by atoms with Gasteiger partial charge >= 0.3 is 18.4 Å². The molecule has 2 aromatic heterocycles. The Bertz CT molecular complexity index is 1700. The van der Waals surface area contributed by atoms with Crippen LogP contribution in [0, 0.1) is 5.92 Å². The summed E-state index contributed by atoms with van der Waals surface area (Å²) in [7, 11) is 0. The van der Waals surface area contributed by atoms with Crippen molar-refractivity contribution in [3.05, 3.63) is 69.7 Å². The second kappa shape index (κ2) is 14.6. The van der Waals surface area contributed by atoms with E-state index in [1.807, 2.05) is 27.8 Å². The van der Waals surface area contributed by atoms with Gasteiger partial charge in [0.05, 0.1) is 28.4 Å². The number of nitrogens with two attached hydrogens (primary N) is 1. The number of anilines is 3. The molecule has 3 N–H and O–H groups in total. The zero-order chi connectivity index (χ0) is 36.5. The van der Waals surface area contributed by atoms with Crippen molar-refractivity contribution in [2.45, 2.75) is 50.5 Å². The van der Waals surface area contributed by atoms with Gasteiger partial charge in [0.15, 0.2) is 0 Å². The van der Waals surface area contributed by atoms with Crippen molar-refractivity contribution in [1.82, 2.24) is 19.7 Å². The molecular weight excluding hydrogens is 700 g/mol. The second-order valence-corrected chi connectivity index (χ2v) is 13.8. The number of halogens is 6. The topological polar surface area (TPSA) is 115 Å². The first kappa shape index (κ1) is 36.3. The van der Waals surface area contributed by atoms with Gasteiger partial charge < -0.3 is 30.7 Å². The van der Waals surface area contributed by atoms with E-state index in [9.17, 15) is 40.7 Å². The number of rotatable bonds is 7. The average molecular weight is 738 g/mol. The van der Waals surface area contributed by atoms with Gasteiger partial charge in [0, 0.05) is 81.7 Å². The van der Waals surface area contributed by atoms with Crippen LogP contribution in [-0.4, -0.2) is 89.4 Å². The van der Waals surface area contributed by atoms with Gasteiger partial charge in [0.1, 0.15) is 0 Å². The Morgan fingerprint density at radius 2 is 1.53 bits per heavy atom. The second-order valence-electron chi connectivity index (χ2n) is 13.0. The van der Waals surface area contributed by atoms with Crippen LogP contribution in [0.5, 0.6) is 0 Å². The van der Waals surface area contributed by atoms with Crippen molar-refractivity contribution >= 4 is 46.2 Å². The largest absolute Gasteiger partial charge is 0.418 e. The molecule has 6 rings (SSSR count). The molecular formula is C34H37F6N7O3S. The van der Waals surface area contributed by atoms with Crippen molar-refractivity contribution in [3.63, 3.8) is 0 Å². The number of piperidine rings is 1. The van der Waals surface area contributed by atoms with Crippen molar-refractivity contribution in [1.29, 1.82) is 0 Å². The number of nitrogen functional groups attached to an aromatic ring is 1. The molecule has 51 heavy (non-hydrogen) atoms. The predicted molar refractivity (Wildman–Crippen MR) is 179 cm³/mol. The molecule has 5 heterocycles. The maximum atomic E-state index is 14.0. The van der Waals surface area contributed by atoms with Crippen molar-refractivity contribution in [2.75, 3.05) is 61.8 Å². The number of aromatic nitrogens is 1. The van der Waals surface area contributed by atoms with E-state index in [2.05, 4.69) is 10.3 Å². The van der Waals surface area contributed by atoms with E-state index in [0.29, 0.717) is 51.0 Å². The summed E-state index contributed by atoms with van der Waals surface area (Å²) in [6, 6.07) is 4.36. The number of hydrogen-bond donors (Lipinski definition) is 2. The Kier molecular flexibility index (Phi) is 10.4. The summed E-state index contributed by atoms with van der Waals surface area (Å²) < 4.78 is 83.2. The molecule has 3 aliphatic heterocycles. The normalized spacial score (nSPS) is 18.3. The van der Waals surface area contributed by atoms with Crippen molar-refractivity contribution < 1.29 is 40.7 Å². The number of nitrogens with zero attached hydrogens (tertiary/aromatic N) is 5. The highest BCUT2D eigenvalue weighted by Crippen LogP contribution is 2.42. The van der Waals surface area contributed by atoms with Crippen molar-refractivity contribution in [3.8, 4) is 0 Å². The molecule has 1 atom stereocenters. The number of fused-ring (bicyclic) bond motifs is 1. The number of carbonyl (C=O) groups excluding carboxylic acids is 3. The van der Waals surface area contributed by atoms with E-state index in [4.69, 9.17) is 5.73 Å². The highest BCUT2D eigenvalue weighted by molar-refractivity contribution is 7.08. The molecule has 2 saturated heterocycles. The Labute approximate surface area is 294 Å². The molecule has 0 radical (unpaired) electrons. The first-order chi connectivity index (χ1) is 24.2. The number of hydrogen-bond acceptors (Lipinski definition) is 7. The fourth-order valence-electron chi connectivity index (χ4n) is 7.10. The predicted octanol–water partition coefficient (Wildman–Crippen LogP) is 5.74. The first-order valence-electron chi connectivity index (χ1n) is 16.6. The van der Waals surface area contributed by atoms with Crippen LogP contribution in [0.15, 0.2) is 47.4 Å². The number of thiophene rings is 1. The third kappa shape index (κ3) is 8.18. The van der Waals surface area contributed by atoms with Gasteiger partial charge in [-0.25, -0.2) is 4.79 Å². The van der Waals surface area contributed by atoms with Crippen LogP contribution in [-0.2, 0) is 34.8 Å². The summed E-state index contributed by atoms with van der Waals surface area (Å²) in [5, 5.41) is 6.82. The molecule has 3 aliphatic rings. The average Bonchev–Trinajstić information content (AvgIpc) is 3.47. The number of piperazine rings is 1. The lowest BCUT2D eigenvalue weighted by Crippen LogP contribution is -2.52. The molecule has 0 spiro atoms. The summed E-state index contributed by atoms with van der Waals surface area (Å²) in [5.41, 5.74) is 2.96. The number of benzene rings is 1. The van der Waals surface area contributed by atoms with Gasteiger partial charge in [-0.1, -0.05) is 0 Å². The van der Waals surface area contributed by atoms with Gasteiger partial charge in [0.2, 0.25) is 11.8 Å². The highest BCUT2D eigenvalue weighted by Gasteiger charge is 2.42. The molecule has 2 fully saturated rings. The molecule has 0 unspecified atom stereocenters. The summed E-state index contributed by atoms with van der Waals surface area (Å²) in [6.07, 6.45) is -6.40. The number of carbonyl (C=O) groups is 3. The number of nitrogens with one attached hydrogen (secondary N) is 1. The minimum absolute atomic E-state index is 0.132. The quantitative estimate of drug-likeness (QED) is 0.236. The molecule has 0 saturated carbocycles. The maximum Gasteiger partial charge on any atom is 0.418 e. The summed E-state index contributed by atoms with van der Waals surface area (Å²) in [5.74, 6) is -2.20. The van der Waals surface area contributed by atoms with Gasteiger partial charge in [-0.2, -0.15) is 26.3 Å². The third-order valence-electron chi connectivity index (χ3n) is 9.85. The van der Waals surface area contributed by atoms with E-state index in [-0.39, 0.29) is 38.3 Å². The van der Waals surface area contributed by atoms with E-state index in [1.54, 1.807) is 22.2 Å². The smallest absolute Gasteiger partial charge is 0.398 e. The standard InChI is InChI=1S/C34H37F6N7O3S/c35-33(36,37)26-16-21(17-27(30(26)41)34(38,39)40)15-23(31(49)46-13-11-44(12-14-46)24-1-6-42-7-2-24)18-29(48)45-8-4-25(5-9-45)47-10-3-22-19-51-20-28(22)43-32(47)50/h1-2,6-7,16-17,19-20,23,25H,3-5,8-15,18,41H2,(H,43,50)/t23-/m0/s1. The van der Waals surface area contributed by atoms with E-state index >= 15 is 0 Å². The zero-order valence-electron chi connectivity index (χ0n) is 27.5. The van der Waals surface area contributed by atoms with Crippen LogP contribution in [0.4, 0.5) is 48.2 Å². The minimum atomic E-state index is -5.18. The zero-order valence-corrected chi connectivity index (χ0v) is 28.3. The van der Waals surface area contributed by atoms with Crippen LogP contribution >= 0.6 is 11.3 Å². The Morgan fingerprint density at radius 1 is 0.902 bits per heavy atom. The summed E-state index contributed by atoms with van der Waals surface area (Å²) in [6.45, 7) is 2.41. The molecule has 3 aromatic rings. The SMILES string of the molecule is Nc1c(C(F)(F)F)cc(C[C@@H](CC(=O)N2CCC(N3CCc4cscc4NC3=O)CC2)C(=O)N2CCN(c3ccncc3)CC2)cc1C(F)(F)F. The molecule has 274 valence electrons. The summed E-state index contributed by atoms with van der Waals surface area (Å²) >= 11 is 1.51. The number of urea groups is 1. The molecule has 17 heteroatoms. The number of likely N-dealkylation sites (tertiary alicyclic amines) is 1. The lowest BCUT2D eigenvalue weighted by atomic mass is 9.90. The third-order valence-corrected chi connectivity index (χ3v) is 10.6. The Balaban J connectivity index is 1.18. The fraction of sp³-hybridized carbons (Fsp3) is 0.471. The minimum Gasteiger partial charge on any atom is -0.398 e. The van der Waals surface area contributed by atoms with Gasteiger partial charge in [-0.05, 0) is 66.5 Å². The van der Waals surface area contributed by atoms with E-state index in [1.165, 1.54) is 16.2 Å². The maximum absolute atomic E-state index is 14.0. The van der Waals surface area contributed by atoms with E-state index < -0.39 is 65.3 Å². The fourth-order valence-corrected chi connectivity index (χ4v) is 7.92. The van der Waals surface area contributed by atoms with Crippen LogP contribution < -0.4 is 16.0 Å². The van der Waals surface area contributed by atoms with Crippen LogP contribution in [0.2, 0.25) is 0 Å². The lowest BCUT2D eigenvalue weighted by Gasteiger charge is -2.39. The number of alkyl halides is 6. The molecule has 1 aromatic carbocycles. The molecule has 0 bridgehead atoms. The molecule has 10 nitrogen and oxygen atoms in total. The molecule has 4 amide bonds. The lowest BCUT2D eigenvalue weighted by molar-refractivity contribution is -0.142. The van der Waals surface area contributed by atoms with E-state index in [0.717, 1.165) is 16.9 Å². The Hall–Kier alpha value is -4.54.